The molecule has 0 saturated heterocycles. The largest absolute Gasteiger partial charge is 0.313 e. The zero-order chi connectivity index (χ0) is 14.4. The van der Waals surface area contributed by atoms with Gasteiger partial charge in [0, 0.05) is 17.6 Å². The highest BCUT2D eigenvalue weighted by molar-refractivity contribution is 6.31. The van der Waals surface area contributed by atoms with Gasteiger partial charge in [-0.05, 0) is 36.5 Å². The Morgan fingerprint density at radius 3 is 2.30 bits per heavy atom. The summed E-state index contributed by atoms with van der Waals surface area (Å²) < 4.78 is 0. The minimum atomic E-state index is 0.418. The normalized spacial score (nSPS) is 13.9. The van der Waals surface area contributed by atoms with Crippen molar-refractivity contribution in [3.8, 4) is 0 Å². The number of rotatable bonds is 6. The first kappa shape index (κ1) is 15.1. The van der Waals surface area contributed by atoms with Crippen LogP contribution in [0.15, 0.2) is 54.6 Å². The molecule has 2 aromatic rings. The summed E-state index contributed by atoms with van der Waals surface area (Å²) in [6.07, 6.45) is 0.960. The minimum Gasteiger partial charge on any atom is -0.313 e. The fourth-order valence-electron chi connectivity index (χ4n) is 2.34. The molecule has 0 aliphatic carbocycles. The van der Waals surface area contributed by atoms with E-state index in [-0.39, 0.29) is 0 Å². The lowest BCUT2D eigenvalue weighted by molar-refractivity contribution is 0.516. The van der Waals surface area contributed by atoms with E-state index in [2.05, 4.69) is 55.6 Å². The number of benzene rings is 2. The minimum absolute atomic E-state index is 0.418. The Kier molecular flexibility index (Phi) is 5.63. The van der Waals surface area contributed by atoms with Crippen molar-refractivity contribution in [3.63, 3.8) is 0 Å². The second-order valence-corrected chi connectivity index (χ2v) is 5.82. The van der Waals surface area contributed by atoms with Crippen LogP contribution in [0.3, 0.4) is 0 Å². The van der Waals surface area contributed by atoms with Gasteiger partial charge in [-0.3, -0.25) is 0 Å². The van der Waals surface area contributed by atoms with Crippen molar-refractivity contribution >= 4 is 11.6 Å². The SMILES string of the molecule is CC(Cc1ccccc1Cl)NCC(C)c1ccccc1. The molecule has 0 spiro atoms. The maximum atomic E-state index is 6.20. The van der Waals surface area contributed by atoms with Gasteiger partial charge in [-0.1, -0.05) is 67.1 Å². The maximum Gasteiger partial charge on any atom is 0.0438 e. The third kappa shape index (κ3) is 4.36. The second-order valence-electron chi connectivity index (χ2n) is 5.42. The zero-order valence-corrected chi connectivity index (χ0v) is 12.9. The van der Waals surface area contributed by atoms with E-state index in [1.807, 2.05) is 18.2 Å². The van der Waals surface area contributed by atoms with Gasteiger partial charge in [0.1, 0.15) is 0 Å². The van der Waals surface area contributed by atoms with E-state index in [0.29, 0.717) is 12.0 Å². The maximum absolute atomic E-state index is 6.20. The van der Waals surface area contributed by atoms with Gasteiger partial charge in [0.2, 0.25) is 0 Å². The molecule has 2 rings (SSSR count). The molecule has 2 heteroatoms. The Morgan fingerprint density at radius 2 is 1.60 bits per heavy atom. The molecule has 0 aliphatic rings. The third-order valence-corrected chi connectivity index (χ3v) is 3.99. The van der Waals surface area contributed by atoms with Crippen LogP contribution in [0.25, 0.3) is 0 Å². The molecule has 1 nitrogen and oxygen atoms in total. The molecular weight excluding hydrogens is 266 g/mol. The molecule has 0 fully saturated rings. The Labute approximate surface area is 127 Å². The van der Waals surface area contributed by atoms with Crippen LogP contribution in [-0.4, -0.2) is 12.6 Å². The standard InChI is InChI=1S/C18H22ClN/c1-14(16-8-4-3-5-9-16)13-20-15(2)12-17-10-6-7-11-18(17)19/h3-11,14-15,20H,12-13H2,1-2H3. The second kappa shape index (κ2) is 7.47. The monoisotopic (exact) mass is 287 g/mol. The van der Waals surface area contributed by atoms with E-state index in [4.69, 9.17) is 11.6 Å². The van der Waals surface area contributed by atoms with Crippen molar-refractivity contribution in [2.75, 3.05) is 6.54 Å². The summed E-state index contributed by atoms with van der Waals surface area (Å²) in [4.78, 5) is 0. The summed E-state index contributed by atoms with van der Waals surface area (Å²) in [5.41, 5.74) is 2.59. The van der Waals surface area contributed by atoms with Crippen molar-refractivity contribution in [1.82, 2.24) is 5.32 Å². The number of nitrogens with one attached hydrogen (secondary N) is 1. The van der Waals surface area contributed by atoms with Gasteiger partial charge in [0.05, 0.1) is 0 Å². The Bertz CT molecular complexity index is 524. The van der Waals surface area contributed by atoms with Gasteiger partial charge in [-0.2, -0.15) is 0 Å². The molecule has 2 unspecified atom stereocenters. The quantitative estimate of drug-likeness (QED) is 0.814. The van der Waals surface area contributed by atoms with E-state index < -0.39 is 0 Å². The summed E-state index contributed by atoms with van der Waals surface area (Å²) >= 11 is 6.20. The van der Waals surface area contributed by atoms with Gasteiger partial charge in [0.25, 0.3) is 0 Å². The number of halogens is 1. The smallest absolute Gasteiger partial charge is 0.0438 e. The molecule has 0 aliphatic heterocycles. The lowest BCUT2D eigenvalue weighted by Crippen LogP contribution is -2.31. The van der Waals surface area contributed by atoms with Crippen LogP contribution in [0.2, 0.25) is 5.02 Å². The predicted octanol–water partition coefficient (Wildman–Crippen LogP) is 4.66. The van der Waals surface area contributed by atoms with Crippen LogP contribution in [0.1, 0.15) is 30.9 Å². The van der Waals surface area contributed by atoms with Gasteiger partial charge in [0.15, 0.2) is 0 Å². The van der Waals surface area contributed by atoms with Gasteiger partial charge in [-0.15, -0.1) is 0 Å². The lowest BCUT2D eigenvalue weighted by Gasteiger charge is -2.18. The first-order valence-electron chi connectivity index (χ1n) is 7.18. The van der Waals surface area contributed by atoms with Crippen molar-refractivity contribution in [2.45, 2.75) is 32.2 Å². The van der Waals surface area contributed by atoms with E-state index in [9.17, 15) is 0 Å². The summed E-state index contributed by atoms with van der Waals surface area (Å²) in [6, 6.07) is 19.1. The fourth-order valence-corrected chi connectivity index (χ4v) is 2.56. The average molecular weight is 288 g/mol. The number of hydrogen-bond donors (Lipinski definition) is 1. The number of hydrogen-bond acceptors (Lipinski definition) is 1. The fraction of sp³-hybridized carbons (Fsp3) is 0.333. The molecule has 0 bridgehead atoms. The van der Waals surface area contributed by atoms with Crippen molar-refractivity contribution < 1.29 is 0 Å². The summed E-state index contributed by atoms with van der Waals surface area (Å²) in [7, 11) is 0. The van der Waals surface area contributed by atoms with Crippen molar-refractivity contribution in [1.29, 1.82) is 0 Å². The van der Waals surface area contributed by atoms with Crippen molar-refractivity contribution in [3.05, 3.63) is 70.7 Å². The molecule has 106 valence electrons. The molecule has 0 amide bonds. The molecule has 0 saturated carbocycles. The van der Waals surface area contributed by atoms with E-state index in [1.165, 1.54) is 11.1 Å². The van der Waals surface area contributed by atoms with E-state index in [1.54, 1.807) is 0 Å². The Hall–Kier alpha value is -1.31. The molecule has 1 N–H and O–H groups in total. The molecular formula is C18H22ClN. The highest BCUT2D eigenvalue weighted by atomic mass is 35.5. The van der Waals surface area contributed by atoms with Crippen LogP contribution in [0.4, 0.5) is 0 Å². The zero-order valence-electron chi connectivity index (χ0n) is 12.1. The first-order chi connectivity index (χ1) is 9.66. The molecule has 2 atom stereocenters. The lowest BCUT2D eigenvalue weighted by atomic mass is 10.0. The van der Waals surface area contributed by atoms with Gasteiger partial charge >= 0.3 is 0 Å². The summed E-state index contributed by atoms with van der Waals surface area (Å²) in [6.45, 7) is 5.45. The van der Waals surface area contributed by atoms with Crippen LogP contribution in [0, 0.1) is 0 Å². The molecule has 0 radical (unpaired) electrons. The van der Waals surface area contributed by atoms with Gasteiger partial charge < -0.3 is 5.32 Å². The van der Waals surface area contributed by atoms with Crippen LogP contribution in [0.5, 0.6) is 0 Å². The Balaban J connectivity index is 1.84. The Morgan fingerprint density at radius 1 is 0.950 bits per heavy atom. The molecule has 0 aromatic heterocycles. The van der Waals surface area contributed by atoms with Crippen LogP contribution < -0.4 is 5.32 Å². The van der Waals surface area contributed by atoms with E-state index in [0.717, 1.165) is 18.0 Å². The van der Waals surface area contributed by atoms with E-state index >= 15 is 0 Å². The topological polar surface area (TPSA) is 12.0 Å². The predicted molar refractivity (Wildman–Crippen MR) is 87.5 cm³/mol. The molecule has 0 heterocycles. The van der Waals surface area contributed by atoms with Gasteiger partial charge in [-0.25, -0.2) is 0 Å². The highest BCUT2D eigenvalue weighted by Gasteiger charge is 2.09. The third-order valence-electron chi connectivity index (χ3n) is 3.63. The first-order valence-corrected chi connectivity index (χ1v) is 7.56. The molecule has 20 heavy (non-hydrogen) atoms. The van der Waals surface area contributed by atoms with Crippen molar-refractivity contribution in [2.24, 2.45) is 0 Å². The van der Waals surface area contributed by atoms with Crippen LogP contribution >= 0.6 is 11.6 Å². The summed E-state index contributed by atoms with van der Waals surface area (Å²) in [5, 5.41) is 4.46. The molecule has 2 aromatic carbocycles. The van der Waals surface area contributed by atoms with Crippen LogP contribution in [-0.2, 0) is 6.42 Å². The highest BCUT2D eigenvalue weighted by Crippen LogP contribution is 2.17. The summed E-state index contributed by atoms with van der Waals surface area (Å²) in [5.74, 6) is 0.518. The average Bonchev–Trinajstić information content (AvgIpc) is 2.48.